The minimum absolute atomic E-state index is 0.176. The molecule has 0 saturated carbocycles. The highest BCUT2D eigenvalue weighted by Crippen LogP contribution is 2.24. The summed E-state index contributed by atoms with van der Waals surface area (Å²) in [6.45, 7) is 4.36. The molecule has 0 bridgehead atoms. The number of nitrogens with one attached hydrogen (secondary N) is 1. The number of aromatic nitrogens is 2. The second kappa shape index (κ2) is 7.70. The Kier molecular flexibility index (Phi) is 5.38. The van der Waals surface area contributed by atoms with Crippen molar-refractivity contribution in [2.24, 2.45) is 0 Å². The second-order valence-corrected chi connectivity index (χ2v) is 6.55. The molecule has 1 N–H and O–H groups in total. The van der Waals surface area contributed by atoms with Crippen molar-refractivity contribution < 1.29 is 4.79 Å². The number of rotatable bonds is 5. The van der Waals surface area contributed by atoms with Gasteiger partial charge >= 0.3 is 0 Å². The van der Waals surface area contributed by atoms with Crippen LogP contribution in [0.15, 0.2) is 47.3 Å². The summed E-state index contributed by atoms with van der Waals surface area (Å²) in [6, 6.07) is 12.4. The SMILES string of the molecule is CCCCn1nc(C(=O)Nc2cccc(Cl)c2C)c2ccccc2c1=O. The molecule has 5 nitrogen and oxygen atoms in total. The molecule has 0 unspecified atom stereocenters. The Morgan fingerprint density at radius 2 is 1.88 bits per heavy atom. The number of benzene rings is 2. The first kappa shape index (κ1) is 18.1. The summed E-state index contributed by atoms with van der Waals surface area (Å²) in [4.78, 5) is 25.5. The van der Waals surface area contributed by atoms with E-state index >= 15 is 0 Å². The fraction of sp³-hybridized carbons (Fsp3) is 0.250. The lowest BCUT2D eigenvalue weighted by atomic mass is 10.1. The fourth-order valence-electron chi connectivity index (χ4n) is 2.79. The van der Waals surface area contributed by atoms with Crippen molar-refractivity contribution >= 4 is 34.0 Å². The van der Waals surface area contributed by atoms with Gasteiger partial charge in [-0.2, -0.15) is 5.10 Å². The van der Waals surface area contributed by atoms with Gasteiger partial charge in [0.05, 0.1) is 5.39 Å². The number of aryl methyl sites for hydroxylation is 1. The number of halogens is 1. The maximum absolute atomic E-state index is 12.9. The maximum atomic E-state index is 12.9. The van der Waals surface area contributed by atoms with Gasteiger partial charge in [0.15, 0.2) is 5.69 Å². The number of fused-ring (bicyclic) bond motifs is 1. The van der Waals surface area contributed by atoms with Gasteiger partial charge in [-0.15, -0.1) is 0 Å². The van der Waals surface area contributed by atoms with Crippen molar-refractivity contribution in [2.45, 2.75) is 33.2 Å². The number of hydrogen-bond acceptors (Lipinski definition) is 3. The van der Waals surface area contributed by atoms with E-state index in [2.05, 4.69) is 10.4 Å². The molecule has 0 saturated heterocycles. The third-order valence-electron chi connectivity index (χ3n) is 4.32. The van der Waals surface area contributed by atoms with E-state index in [1.165, 1.54) is 4.68 Å². The first-order valence-electron chi connectivity index (χ1n) is 8.59. The molecule has 1 amide bonds. The number of unbranched alkanes of at least 4 members (excludes halogenated alkanes) is 1. The van der Waals surface area contributed by atoms with E-state index in [0.29, 0.717) is 28.0 Å². The van der Waals surface area contributed by atoms with E-state index in [0.717, 1.165) is 18.4 Å². The lowest BCUT2D eigenvalue weighted by Gasteiger charge is -2.12. The summed E-state index contributed by atoms with van der Waals surface area (Å²) < 4.78 is 1.38. The highest BCUT2D eigenvalue weighted by Gasteiger charge is 2.17. The predicted molar refractivity (Wildman–Crippen MR) is 105 cm³/mol. The quantitative estimate of drug-likeness (QED) is 0.724. The second-order valence-electron chi connectivity index (χ2n) is 6.14. The Morgan fingerprint density at radius 1 is 1.15 bits per heavy atom. The molecule has 3 rings (SSSR count). The molecule has 6 heteroatoms. The van der Waals surface area contributed by atoms with E-state index in [1.807, 2.05) is 13.8 Å². The zero-order valence-electron chi connectivity index (χ0n) is 14.8. The van der Waals surface area contributed by atoms with Gasteiger partial charge in [0, 0.05) is 22.6 Å². The molecule has 26 heavy (non-hydrogen) atoms. The number of carbonyl (C=O) groups excluding carboxylic acids is 1. The van der Waals surface area contributed by atoms with E-state index in [1.54, 1.807) is 42.5 Å². The summed E-state index contributed by atoms with van der Waals surface area (Å²) >= 11 is 6.13. The summed E-state index contributed by atoms with van der Waals surface area (Å²) in [5.41, 5.74) is 1.46. The normalized spacial score (nSPS) is 10.9. The van der Waals surface area contributed by atoms with Gasteiger partial charge in [0.2, 0.25) is 0 Å². The van der Waals surface area contributed by atoms with E-state index in [4.69, 9.17) is 11.6 Å². The van der Waals surface area contributed by atoms with Crippen molar-refractivity contribution in [3.05, 3.63) is 69.1 Å². The molecular formula is C20H20ClN3O2. The lowest BCUT2D eigenvalue weighted by Crippen LogP contribution is -2.27. The molecule has 0 atom stereocenters. The van der Waals surface area contributed by atoms with Crippen LogP contribution in [0.3, 0.4) is 0 Å². The molecule has 0 aliphatic carbocycles. The Balaban J connectivity index is 2.08. The summed E-state index contributed by atoms with van der Waals surface area (Å²) in [5, 5.41) is 8.82. The van der Waals surface area contributed by atoms with Crippen LogP contribution in [0.1, 0.15) is 35.8 Å². The zero-order valence-corrected chi connectivity index (χ0v) is 15.5. The van der Waals surface area contributed by atoms with Gasteiger partial charge in [-0.05, 0) is 37.1 Å². The van der Waals surface area contributed by atoms with Gasteiger partial charge in [0.1, 0.15) is 0 Å². The minimum atomic E-state index is -0.364. The van der Waals surface area contributed by atoms with Crippen molar-refractivity contribution in [3.8, 4) is 0 Å². The summed E-state index contributed by atoms with van der Waals surface area (Å²) in [6.07, 6.45) is 1.75. The van der Waals surface area contributed by atoms with Crippen molar-refractivity contribution in [1.29, 1.82) is 0 Å². The highest BCUT2D eigenvalue weighted by molar-refractivity contribution is 6.31. The highest BCUT2D eigenvalue weighted by atomic mass is 35.5. The number of carbonyl (C=O) groups is 1. The molecule has 3 aromatic rings. The first-order chi connectivity index (χ1) is 12.5. The van der Waals surface area contributed by atoms with Crippen LogP contribution < -0.4 is 10.9 Å². The standard InChI is InChI=1S/C20H20ClN3O2/c1-3-4-12-24-20(26)15-9-6-5-8-14(15)18(23-24)19(25)22-17-11-7-10-16(21)13(17)2/h5-11H,3-4,12H2,1-2H3,(H,22,25). The smallest absolute Gasteiger partial charge is 0.276 e. The molecule has 0 aliphatic rings. The van der Waals surface area contributed by atoms with Gasteiger partial charge in [-0.1, -0.05) is 49.2 Å². The molecule has 1 heterocycles. The van der Waals surface area contributed by atoms with Crippen LogP contribution in [0.4, 0.5) is 5.69 Å². The Labute approximate surface area is 156 Å². The summed E-state index contributed by atoms with van der Waals surface area (Å²) in [5.74, 6) is -0.364. The Bertz CT molecular complexity index is 1030. The average molecular weight is 370 g/mol. The van der Waals surface area contributed by atoms with Crippen LogP contribution in [-0.4, -0.2) is 15.7 Å². The number of amides is 1. The predicted octanol–water partition coefficient (Wildman–Crippen LogP) is 4.41. The number of hydrogen-bond donors (Lipinski definition) is 1. The first-order valence-corrected chi connectivity index (χ1v) is 8.97. The van der Waals surface area contributed by atoms with Crippen LogP contribution in [0.5, 0.6) is 0 Å². The Hall–Kier alpha value is -2.66. The minimum Gasteiger partial charge on any atom is -0.320 e. The monoisotopic (exact) mass is 369 g/mol. The lowest BCUT2D eigenvalue weighted by molar-refractivity contribution is 0.102. The third kappa shape index (κ3) is 3.48. The van der Waals surface area contributed by atoms with Gasteiger partial charge in [-0.3, -0.25) is 9.59 Å². The van der Waals surface area contributed by atoms with Crippen LogP contribution in [0.2, 0.25) is 5.02 Å². The maximum Gasteiger partial charge on any atom is 0.276 e. The van der Waals surface area contributed by atoms with Gasteiger partial charge < -0.3 is 5.32 Å². The topological polar surface area (TPSA) is 64.0 Å². The van der Waals surface area contributed by atoms with Crippen LogP contribution >= 0.6 is 11.6 Å². The number of nitrogens with zero attached hydrogens (tertiary/aromatic N) is 2. The van der Waals surface area contributed by atoms with Crippen LogP contribution in [0, 0.1) is 6.92 Å². The van der Waals surface area contributed by atoms with Gasteiger partial charge in [-0.25, -0.2) is 4.68 Å². The summed E-state index contributed by atoms with van der Waals surface area (Å²) in [7, 11) is 0. The molecule has 0 fully saturated rings. The molecule has 0 aliphatic heterocycles. The van der Waals surface area contributed by atoms with E-state index in [9.17, 15) is 9.59 Å². The molecule has 134 valence electrons. The molecular weight excluding hydrogens is 350 g/mol. The molecule has 1 aromatic heterocycles. The van der Waals surface area contributed by atoms with E-state index < -0.39 is 0 Å². The van der Waals surface area contributed by atoms with Crippen LogP contribution in [-0.2, 0) is 6.54 Å². The number of anilines is 1. The zero-order chi connectivity index (χ0) is 18.7. The van der Waals surface area contributed by atoms with Gasteiger partial charge in [0.25, 0.3) is 11.5 Å². The van der Waals surface area contributed by atoms with Crippen molar-refractivity contribution in [2.75, 3.05) is 5.32 Å². The Morgan fingerprint density at radius 3 is 2.62 bits per heavy atom. The van der Waals surface area contributed by atoms with Crippen molar-refractivity contribution in [3.63, 3.8) is 0 Å². The largest absolute Gasteiger partial charge is 0.320 e. The molecule has 2 aromatic carbocycles. The third-order valence-corrected chi connectivity index (χ3v) is 4.73. The molecule has 0 spiro atoms. The molecule has 0 radical (unpaired) electrons. The fourth-order valence-corrected chi connectivity index (χ4v) is 2.96. The average Bonchev–Trinajstić information content (AvgIpc) is 2.65. The van der Waals surface area contributed by atoms with E-state index in [-0.39, 0.29) is 17.2 Å². The van der Waals surface area contributed by atoms with Crippen molar-refractivity contribution in [1.82, 2.24) is 9.78 Å². The van der Waals surface area contributed by atoms with Crippen LogP contribution in [0.25, 0.3) is 10.8 Å².